The Morgan fingerprint density at radius 3 is 2.90 bits per heavy atom. The maximum absolute atomic E-state index is 13.8. The molecule has 2 aromatic rings. The Labute approximate surface area is 171 Å². The van der Waals surface area contributed by atoms with Gasteiger partial charge in [0.05, 0.1) is 17.8 Å². The number of amides is 2. The number of aromatic nitrogens is 3. The number of H-pyrrole nitrogens is 1. The van der Waals surface area contributed by atoms with Crippen LogP contribution in [0.1, 0.15) is 46.3 Å². The van der Waals surface area contributed by atoms with E-state index in [1.165, 1.54) is 18.5 Å². The first-order chi connectivity index (χ1) is 13.9. The van der Waals surface area contributed by atoms with Gasteiger partial charge in [0.1, 0.15) is 17.8 Å². The molecule has 0 aliphatic carbocycles. The summed E-state index contributed by atoms with van der Waals surface area (Å²) in [7, 11) is 0. The van der Waals surface area contributed by atoms with E-state index in [1.54, 1.807) is 18.7 Å². The van der Waals surface area contributed by atoms with E-state index < -0.39 is 18.1 Å². The number of nitrogens with one attached hydrogen (secondary N) is 2. The maximum atomic E-state index is 13.8. The van der Waals surface area contributed by atoms with Gasteiger partial charge in [-0.2, -0.15) is 0 Å². The molecule has 9 heteroatoms. The first-order valence-corrected chi connectivity index (χ1v) is 9.80. The molecule has 3 heterocycles. The first-order valence-electron chi connectivity index (χ1n) is 9.80. The zero-order valence-corrected chi connectivity index (χ0v) is 16.7. The van der Waals surface area contributed by atoms with Crippen molar-refractivity contribution in [1.82, 2.24) is 25.2 Å². The van der Waals surface area contributed by atoms with Crippen LogP contribution in [0.3, 0.4) is 0 Å². The van der Waals surface area contributed by atoms with Crippen molar-refractivity contribution in [2.24, 2.45) is 0 Å². The van der Waals surface area contributed by atoms with Gasteiger partial charge in [0.2, 0.25) is 11.8 Å². The maximum Gasteiger partial charge on any atom is 0.255 e. The third-order valence-electron chi connectivity index (χ3n) is 5.11. The Kier molecular flexibility index (Phi) is 6.46. The van der Waals surface area contributed by atoms with Crippen LogP contribution in [0.4, 0.5) is 4.39 Å². The number of rotatable bonds is 7. The van der Waals surface area contributed by atoms with Crippen LogP contribution in [0.25, 0.3) is 11.2 Å². The van der Waals surface area contributed by atoms with Gasteiger partial charge < -0.3 is 19.9 Å². The predicted octanol–water partition coefficient (Wildman–Crippen LogP) is 2.87. The van der Waals surface area contributed by atoms with Crippen molar-refractivity contribution in [3.8, 4) is 5.88 Å². The fourth-order valence-corrected chi connectivity index (χ4v) is 3.33. The lowest BCUT2D eigenvalue weighted by Gasteiger charge is -2.31. The van der Waals surface area contributed by atoms with Crippen LogP contribution < -0.4 is 10.1 Å². The number of hydrogen-bond donors (Lipinski definition) is 2. The number of halogens is 1. The lowest BCUT2D eigenvalue weighted by atomic mass is 10.1. The molecule has 0 saturated carbocycles. The topological polar surface area (TPSA) is 100 Å². The van der Waals surface area contributed by atoms with Crippen molar-refractivity contribution in [2.45, 2.75) is 51.4 Å². The number of carbonyl (C=O) groups excluding carboxylic acids is 2. The number of nitrogens with zero attached hydrogens (tertiary/aromatic N) is 3. The van der Waals surface area contributed by atoms with Crippen LogP contribution in [0.15, 0.2) is 25.0 Å². The van der Waals surface area contributed by atoms with Crippen LogP contribution in [-0.2, 0) is 4.79 Å². The molecule has 0 aromatic carbocycles. The van der Waals surface area contributed by atoms with Gasteiger partial charge in [-0.25, -0.2) is 14.4 Å². The highest BCUT2D eigenvalue weighted by Gasteiger charge is 2.24. The molecule has 2 atom stereocenters. The third-order valence-corrected chi connectivity index (χ3v) is 5.11. The Bertz CT molecular complexity index is 902. The molecule has 2 amide bonds. The SMILES string of the molecule is C=CC(=O)N1CCC(Oc2cnc3[nH]cc(C(=O)N[C@H](C)[C@H](F)CC)c3n2)CC1.[HH].[HH]. The molecular weight excluding hydrogens is 377 g/mol. The third kappa shape index (κ3) is 4.72. The average molecular weight is 407 g/mol. The zero-order chi connectivity index (χ0) is 21.0. The number of aromatic amines is 1. The minimum Gasteiger partial charge on any atom is -0.473 e. The lowest BCUT2D eigenvalue weighted by molar-refractivity contribution is -0.127. The molecule has 8 nitrogen and oxygen atoms in total. The lowest BCUT2D eigenvalue weighted by Crippen LogP contribution is -2.41. The van der Waals surface area contributed by atoms with Gasteiger partial charge in [-0.05, 0) is 19.4 Å². The van der Waals surface area contributed by atoms with Gasteiger partial charge in [-0.1, -0.05) is 13.5 Å². The molecule has 160 valence electrons. The smallest absolute Gasteiger partial charge is 0.255 e. The van der Waals surface area contributed by atoms with Gasteiger partial charge in [0.15, 0.2) is 5.65 Å². The number of likely N-dealkylation sites (tertiary alicyclic amines) is 1. The summed E-state index contributed by atoms with van der Waals surface area (Å²) < 4.78 is 19.7. The van der Waals surface area contributed by atoms with Crippen molar-refractivity contribution < 1.29 is 21.6 Å². The minimum atomic E-state index is -1.12. The summed E-state index contributed by atoms with van der Waals surface area (Å²) in [6, 6.07) is -0.603. The van der Waals surface area contributed by atoms with E-state index in [4.69, 9.17) is 4.74 Å². The van der Waals surface area contributed by atoms with Gasteiger partial charge in [0.25, 0.3) is 5.91 Å². The monoisotopic (exact) mass is 407 g/mol. The van der Waals surface area contributed by atoms with E-state index in [0.717, 1.165) is 0 Å². The largest absolute Gasteiger partial charge is 0.473 e. The van der Waals surface area contributed by atoms with E-state index in [-0.39, 0.29) is 14.9 Å². The highest BCUT2D eigenvalue weighted by Crippen LogP contribution is 2.21. The minimum absolute atomic E-state index is 0. The number of fused-ring (bicyclic) bond motifs is 1. The van der Waals surface area contributed by atoms with Crippen LogP contribution >= 0.6 is 0 Å². The van der Waals surface area contributed by atoms with Gasteiger partial charge in [-0.15, -0.1) is 0 Å². The molecule has 1 fully saturated rings. The van der Waals surface area contributed by atoms with Crippen molar-refractivity contribution >= 4 is 23.0 Å². The van der Waals surface area contributed by atoms with Crippen LogP contribution in [0, 0.1) is 0 Å². The molecule has 0 radical (unpaired) electrons. The van der Waals surface area contributed by atoms with E-state index in [0.29, 0.717) is 55.0 Å². The summed E-state index contributed by atoms with van der Waals surface area (Å²) >= 11 is 0. The standard InChI is InChI=1S/C20H26FN5O3.2H2/c1-4-15(21)12(3)24-20(28)14-10-22-19-18(14)25-16(11-23-19)29-13-6-8-26(9-7-13)17(27)5-2;;/h5,10-13,15H,2,4,6-9H2,1,3H3,(H,22,23)(H,24,28);2*1H/t12-,15-;;/m1../s1. The summed E-state index contributed by atoms with van der Waals surface area (Å²) in [5, 5.41) is 2.66. The van der Waals surface area contributed by atoms with Crippen LogP contribution in [0.2, 0.25) is 0 Å². The highest BCUT2D eigenvalue weighted by molar-refractivity contribution is 6.04. The summed E-state index contributed by atoms with van der Waals surface area (Å²) in [5.74, 6) is -0.187. The molecule has 2 aromatic heterocycles. The van der Waals surface area contributed by atoms with Crippen molar-refractivity contribution in [3.63, 3.8) is 0 Å². The summed E-state index contributed by atoms with van der Waals surface area (Å²) in [6.45, 7) is 8.03. The Balaban J connectivity index is 0.00000240. The molecule has 1 saturated heterocycles. The quantitative estimate of drug-likeness (QED) is 0.688. The van der Waals surface area contributed by atoms with E-state index in [9.17, 15) is 14.0 Å². The van der Waals surface area contributed by atoms with Crippen molar-refractivity contribution in [2.75, 3.05) is 13.1 Å². The fraction of sp³-hybridized carbons (Fsp3) is 0.500. The van der Waals surface area contributed by atoms with E-state index in [1.807, 2.05) is 0 Å². The van der Waals surface area contributed by atoms with E-state index >= 15 is 0 Å². The fourth-order valence-electron chi connectivity index (χ4n) is 3.33. The molecule has 0 bridgehead atoms. The molecular formula is C20H30FN5O3. The Morgan fingerprint density at radius 2 is 2.24 bits per heavy atom. The zero-order valence-electron chi connectivity index (χ0n) is 16.7. The summed E-state index contributed by atoms with van der Waals surface area (Å²) in [4.78, 5) is 37.5. The number of alkyl halides is 1. The second kappa shape index (κ2) is 9.02. The summed E-state index contributed by atoms with van der Waals surface area (Å²) in [5.41, 5.74) is 1.12. The number of carbonyl (C=O) groups is 2. The number of ether oxygens (including phenoxy) is 1. The Morgan fingerprint density at radius 1 is 1.52 bits per heavy atom. The average Bonchev–Trinajstić information content (AvgIpc) is 3.16. The second-order valence-corrected chi connectivity index (χ2v) is 7.14. The number of hydrogen-bond acceptors (Lipinski definition) is 5. The van der Waals surface area contributed by atoms with Crippen LogP contribution in [-0.4, -0.2) is 63.1 Å². The van der Waals surface area contributed by atoms with Gasteiger partial charge >= 0.3 is 0 Å². The molecule has 1 aliphatic heterocycles. The predicted molar refractivity (Wildman–Crippen MR) is 111 cm³/mol. The van der Waals surface area contributed by atoms with Gasteiger partial charge in [-0.3, -0.25) is 9.59 Å². The van der Waals surface area contributed by atoms with Crippen molar-refractivity contribution in [3.05, 3.63) is 30.6 Å². The highest BCUT2D eigenvalue weighted by atomic mass is 19.1. The molecule has 1 aliphatic rings. The molecule has 0 unspecified atom stereocenters. The van der Waals surface area contributed by atoms with Crippen molar-refractivity contribution in [1.29, 1.82) is 0 Å². The summed E-state index contributed by atoms with van der Waals surface area (Å²) in [6.07, 6.45) is 4.78. The first kappa shape index (κ1) is 20.8. The number of piperidine rings is 1. The Hall–Kier alpha value is -2.97. The van der Waals surface area contributed by atoms with Crippen LogP contribution in [0.5, 0.6) is 5.88 Å². The van der Waals surface area contributed by atoms with Gasteiger partial charge in [0, 0.05) is 35.0 Å². The second-order valence-electron chi connectivity index (χ2n) is 7.14. The molecule has 2 N–H and O–H groups in total. The van der Waals surface area contributed by atoms with E-state index in [2.05, 4.69) is 26.8 Å². The molecule has 3 rings (SSSR count). The molecule has 29 heavy (non-hydrogen) atoms. The normalized spacial score (nSPS) is 17.0. The molecule has 0 spiro atoms.